The lowest BCUT2D eigenvalue weighted by Crippen LogP contribution is -2.13. The van der Waals surface area contributed by atoms with E-state index in [1.165, 1.54) is 37.9 Å². The molecule has 0 saturated heterocycles. The molecule has 138 valence electrons. The first-order valence-corrected chi connectivity index (χ1v) is 9.17. The predicted octanol–water partition coefficient (Wildman–Crippen LogP) is 4.16. The van der Waals surface area contributed by atoms with Crippen molar-refractivity contribution >= 4 is 22.4 Å². The largest absolute Gasteiger partial charge is 0.505 e. The van der Waals surface area contributed by atoms with E-state index in [4.69, 9.17) is 4.74 Å². The predicted molar refractivity (Wildman–Crippen MR) is 103 cm³/mol. The van der Waals surface area contributed by atoms with E-state index in [1.807, 2.05) is 18.2 Å². The van der Waals surface area contributed by atoms with Crippen molar-refractivity contribution in [1.82, 2.24) is 9.97 Å². The smallest absolute Gasteiger partial charge is 0.278 e. The van der Waals surface area contributed by atoms with Crippen LogP contribution in [0, 0.1) is 5.92 Å². The van der Waals surface area contributed by atoms with E-state index in [9.17, 15) is 9.90 Å². The SMILES string of the molecule is O=C(Nc1ccc2c(OCC3CCCC3)nccc2c1)c1ncccc1O. The highest BCUT2D eigenvalue weighted by Crippen LogP contribution is 2.29. The molecule has 1 aliphatic rings. The quantitative estimate of drug-likeness (QED) is 0.711. The van der Waals surface area contributed by atoms with Crippen LogP contribution in [0.5, 0.6) is 11.6 Å². The molecule has 0 aliphatic heterocycles. The highest BCUT2D eigenvalue weighted by atomic mass is 16.5. The number of anilines is 1. The summed E-state index contributed by atoms with van der Waals surface area (Å²) >= 11 is 0. The molecule has 27 heavy (non-hydrogen) atoms. The Bertz CT molecular complexity index is 968. The van der Waals surface area contributed by atoms with E-state index in [0.717, 1.165) is 10.8 Å². The summed E-state index contributed by atoms with van der Waals surface area (Å²) < 4.78 is 5.97. The molecule has 2 aromatic heterocycles. The van der Waals surface area contributed by atoms with Crippen LogP contribution in [0.3, 0.4) is 0 Å². The van der Waals surface area contributed by atoms with Gasteiger partial charge in [0.1, 0.15) is 5.75 Å². The topological polar surface area (TPSA) is 84.3 Å². The minimum Gasteiger partial charge on any atom is -0.505 e. The maximum absolute atomic E-state index is 12.3. The van der Waals surface area contributed by atoms with Crippen molar-refractivity contribution in [1.29, 1.82) is 0 Å². The molecule has 6 heteroatoms. The number of ether oxygens (including phenoxy) is 1. The molecule has 0 unspecified atom stereocenters. The van der Waals surface area contributed by atoms with Gasteiger partial charge in [0.05, 0.1) is 6.61 Å². The van der Waals surface area contributed by atoms with Crippen LogP contribution in [0.15, 0.2) is 48.8 Å². The van der Waals surface area contributed by atoms with Crippen LogP contribution >= 0.6 is 0 Å². The molecular weight excluding hydrogens is 342 g/mol. The summed E-state index contributed by atoms with van der Waals surface area (Å²) in [6.45, 7) is 0.698. The Hall–Kier alpha value is -3.15. The van der Waals surface area contributed by atoms with Crippen molar-refractivity contribution < 1.29 is 14.6 Å². The lowest BCUT2D eigenvalue weighted by Gasteiger charge is -2.13. The van der Waals surface area contributed by atoms with Crippen LogP contribution in [0.2, 0.25) is 0 Å². The fourth-order valence-electron chi connectivity index (χ4n) is 3.48. The zero-order valence-electron chi connectivity index (χ0n) is 14.9. The summed E-state index contributed by atoms with van der Waals surface area (Å²) in [7, 11) is 0. The number of benzene rings is 1. The van der Waals surface area contributed by atoms with Crippen LogP contribution in [0.25, 0.3) is 10.8 Å². The van der Waals surface area contributed by atoms with Crippen LogP contribution in [0.4, 0.5) is 5.69 Å². The Morgan fingerprint density at radius 1 is 1.15 bits per heavy atom. The Labute approximate surface area is 157 Å². The number of nitrogens with zero attached hydrogens (tertiary/aromatic N) is 2. The van der Waals surface area contributed by atoms with Gasteiger partial charge in [-0.05, 0) is 60.5 Å². The van der Waals surface area contributed by atoms with E-state index < -0.39 is 5.91 Å². The van der Waals surface area contributed by atoms with E-state index in [0.29, 0.717) is 24.1 Å². The maximum atomic E-state index is 12.3. The second kappa shape index (κ2) is 7.61. The summed E-state index contributed by atoms with van der Waals surface area (Å²) in [6.07, 6.45) is 8.19. The number of pyridine rings is 2. The summed E-state index contributed by atoms with van der Waals surface area (Å²) in [5.74, 6) is 0.633. The van der Waals surface area contributed by atoms with Gasteiger partial charge in [-0.2, -0.15) is 0 Å². The Balaban J connectivity index is 1.52. The lowest BCUT2D eigenvalue weighted by atomic mass is 10.1. The third kappa shape index (κ3) is 3.84. The van der Waals surface area contributed by atoms with Crippen LogP contribution in [-0.2, 0) is 0 Å². The average molecular weight is 363 g/mol. The highest BCUT2D eigenvalue weighted by molar-refractivity contribution is 6.05. The molecule has 0 radical (unpaired) electrons. The molecule has 1 aromatic carbocycles. The van der Waals surface area contributed by atoms with Crippen LogP contribution in [-0.4, -0.2) is 27.6 Å². The van der Waals surface area contributed by atoms with E-state index in [2.05, 4.69) is 15.3 Å². The van der Waals surface area contributed by atoms with Crippen molar-refractivity contribution in [3.63, 3.8) is 0 Å². The molecule has 1 aliphatic carbocycles. The monoisotopic (exact) mass is 363 g/mol. The van der Waals surface area contributed by atoms with E-state index in [-0.39, 0.29) is 11.4 Å². The Kier molecular flexibility index (Phi) is 4.87. The van der Waals surface area contributed by atoms with Gasteiger partial charge in [-0.25, -0.2) is 9.97 Å². The number of hydrogen-bond donors (Lipinski definition) is 2. The number of hydrogen-bond acceptors (Lipinski definition) is 5. The van der Waals surface area contributed by atoms with Gasteiger partial charge in [0, 0.05) is 23.5 Å². The fraction of sp³-hybridized carbons (Fsp3) is 0.286. The molecule has 0 spiro atoms. The second-order valence-electron chi connectivity index (χ2n) is 6.84. The van der Waals surface area contributed by atoms with E-state index in [1.54, 1.807) is 18.3 Å². The number of aromatic nitrogens is 2. The Morgan fingerprint density at radius 3 is 2.81 bits per heavy atom. The summed E-state index contributed by atoms with van der Waals surface area (Å²) in [4.78, 5) is 20.6. The highest BCUT2D eigenvalue weighted by Gasteiger charge is 2.17. The normalized spacial score (nSPS) is 14.4. The first-order chi connectivity index (χ1) is 13.2. The molecule has 4 rings (SSSR count). The van der Waals surface area contributed by atoms with E-state index >= 15 is 0 Å². The number of nitrogens with one attached hydrogen (secondary N) is 1. The van der Waals surface area contributed by atoms with Gasteiger partial charge < -0.3 is 15.2 Å². The lowest BCUT2D eigenvalue weighted by molar-refractivity contribution is 0.101. The number of aromatic hydroxyl groups is 1. The fourth-order valence-corrected chi connectivity index (χ4v) is 3.48. The average Bonchev–Trinajstić information content (AvgIpc) is 3.20. The van der Waals surface area contributed by atoms with Crippen molar-refractivity contribution in [2.45, 2.75) is 25.7 Å². The molecule has 1 saturated carbocycles. The first kappa shape index (κ1) is 17.3. The van der Waals surface area contributed by atoms with Gasteiger partial charge in [0.15, 0.2) is 5.69 Å². The van der Waals surface area contributed by atoms with Crippen molar-refractivity contribution in [3.8, 4) is 11.6 Å². The minimum atomic E-state index is -0.459. The maximum Gasteiger partial charge on any atom is 0.278 e. The number of amides is 1. The van der Waals surface area contributed by atoms with Gasteiger partial charge in [-0.15, -0.1) is 0 Å². The number of fused-ring (bicyclic) bond motifs is 1. The number of carbonyl (C=O) groups excluding carboxylic acids is 1. The molecule has 2 heterocycles. The van der Waals surface area contributed by atoms with Crippen molar-refractivity contribution in [2.75, 3.05) is 11.9 Å². The van der Waals surface area contributed by atoms with Gasteiger partial charge >= 0.3 is 0 Å². The zero-order valence-corrected chi connectivity index (χ0v) is 14.9. The molecule has 2 N–H and O–H groups in total. The third-order valence-corrected chi connectivity index (χ3v) is 4.92. The molecule has 0 bridgehead atoms. The summed E-state index contributed by atoms with van der Waals surface area (Å²) in [5.41, 5.74) is 0.610. The summed E-state index contributed by atoms with van der Waals surface area (Å²) in [5, 5.41) is 14.4. The summed E-state index contributed by atoms with van der Waals surface area (Å²) in [6, 6.07) is 10.4. The van der Waals surface area contributed by atoms with Crippen molar-refractivity contribution in [3.05, 3.63) is 54.5 Å². The number of rotatable bonds is 5. The van der Waals surface area contributed by atoms with Gasteiger partial charge in [0.2, 0.25) is 5.88 Å². The second-order valence-corrected chi connectivity index (χ2v) is 6.84. The Morgan fingerprint density at radius 2 is 2.00 bits per heavy atom. The molecule has 0 atom stereocenters. The number of carbonyl (C=O) groups is 1. The van der Waals surface area contributed by atoms with Crippen LogP contribution in [0.1, 0.15) is 36.2 Å². The van der Waals surface area contributed by atoms with Gasteiger partial charge in [-0.3, -0.25) is 4.79 Å². The van der Waals surface area contributed by atoms with Crippen molar-refractivity contribution in [2.24, 2.45) is 5.92 Å². The standard InChI is InChI=1S/C21H21N3O3/c25-18-6-3-10-22-19(18)20(26)24-16-7-8-17-15(12-16)9-11-23-21(17)27-13-14-4-1-2-5-14/h3,6-12,14,25H,1-2,4-5,13H2,(H,24,26). The first-order valence-electron chi connectivity index (χ1n) is 9.17. The van der Waals surface area contributed by atoms with Gasteiger partial charge in [0.25, 0.3) is 5.91 Å². The molecular formula is C21H21N3O3. The molecule has 1 amide bonds. The molecule has 3 aromatic rings. The van der Waals surface area contributed by atoms with Crippen LogP contribution < -0.4 is 10.1 Å². The minimum absolute atomic E-state index is 0.00656. The zero-order chi connectivity index (χ0) is 18.6. The van der Waals surface area contributed by atoms with Gasteiger partial charge in [-0.1, -0.05) is 12.8 Å². The molecule has 6 nitrogen and oxygen atoms in total. The third-order valence-electron chi connectivity index (χ3n) is 4.92. The molecule has 1 fully saturated rings.